The van der Waals surface area contributed by atoms with Crippen LogP contribution in [-0.4, -0.2) is 29.2 Å². The smallest absolute Gasteiger partial charge is 0.410 e. The van der Waals surface area contributed by atoms with E-state index < -0.39 is 5.60 Å². The monoisotopic (exact) mass is 377 g/mol. The zero-order valence-corrected chi connectivity index (χ0v) is 17.3. The van der Waals surface area contributed by atoms with Crippen molar-refractivity contribution in [1.29, 1.82) is 0 Å². The van der Waals surface area contributed by atoms with E-state index in [1.807, 2.05) is 37.8 Å². The largest absolute Gasteiger partial charge is 0.444 e. The molecular formula is C22H32ClNO2. The van der Waals surface area contributed by atoms with Gasteiger partial charge in [0.2, 0.25) is 0 Å². The lowest BCUT2D eigenvalue weighted by atomic mass is 9.65. The molecule has 0 N–H and O–H groups in total. The van der Waals surface area contributed by atoms with E-state index in [-0.39, 0.29) is 11.5 Å². The Morgan fingerprint density at radius 2 is 1.88 bits per heavy atom. The van der Waals surface area contributed by atoms with Crippen molar-refractivity contribution in [2.75, 3.05) is 6.54 Å². The molecule has 144 valence electrons. The highest BCUT2D eigenvalue weighted by molar-refractivity contribution is 6.30. The van der Waals surface area contributed by atoms with Crippen LogP contribution in [0.25, 0.3) is 0 Å². The maximum Gasteiger partial charge on any atom is 0.410 e. The minimum Gasteiger partial charge on any atom is -0.444 e. The van der Waals surface area contributed by atoms with Gasteiger partial charge in [-0.2, -0.15) is 0 Å². The van der Waals surface area contributed by atoms with Crippen molar-refractivity contribution in [2.45, 2.75) is 83.3 Å². The molecule has 3 rings (SSSR count). The first-order valence-electron chi connectivity index (χ1n) is 9.94. The molecule has 1 heterocycles. The van der Waals surface area contributed by atoms with Gasteiger partial charge in [-0.25, -0.2) is 4.79 Å². The van der Waals surface area contributed by atoms with Crippen LogP contribution in [0.2, 0.25) is 5.02 Å². The molecule has 0 aromatic heterocycles. The second kappa shape index (κ2) is 7.42. The van der Waals surface area contributed by atoms with Crippen LogP contribution in [-0.2, 0) is 10.2 Å². The summed E-state index contributed by atoms with van der Waals surface area (Å²) >= 11 is 6.08. The van der Waals surface area contributed by atoms with Crippen LogP contribution in [0.3, 0.4) is 0 Å². The van der Waals surface area contributed by atoms with Gasteiger partial charge in [-0.1, -0.05) is 37.1 Å². The average molecular weight is 378 g/mol. The van der Waals surface area contributed by atoms with Gasteiger partial charge in [0.25, 0.3) is 0 Å². The van der Waals surface area contributed by atoms with Crippen LogP contribution >= 0.6 is 11.6 Å². The Bertz CT molecular complexity index is 637. The first-order chi connectivity index (χ1) is 12.2. The fraction of sp³-hybridized carbons (Fsp3) is 0.682. The minimum absolute atomic E-state index is 0.140. The van der Waals surface area contributed by atoms with Crippen LogP contribution in [0.1, 0.15) is 71.8 Å². The van der Waals surface area contributed by atoms with Gasteiger partial charge in [-0.3, -0.25) is 0 Å². The van der Waals surface area contributed by atoms with Gasteiger partial charge in [0.05, 0.1) is 0 Å². The Morgan fingerprint density at radius 3 is 2.54 bits per heavy atom. The molecule has 0 radical (unpaired) electrons. The van der Waals surface area contributed by atoms with Crippen LogP contribution in [0.5, 0.6) is 0 Å². The summed E-state index contributed by atoms with van der Waals surface area (Å²) in [6.07, 6.45) is 6.77. The molecule has 0 unspecified atom stereocenters. The number of ether oxygens (including phenoxy) is 1. The predicted molar refractivity (Wildman–Crippen MR) is 107 cm³/mol. The molecule has 1 saturated carbocycles. The van der Waals surface area contributed by atoms with Crippen molar-refractivity contribution in [3.63, 3.8) is 0 Å². The summed E-state index contributed by atoms with van der Waals surface area (Å²) < 4.78 is 5.66. The number of halogens is 1. The molecule has 1 aliphatic carbocycles. The Morgan fingerprint density at radius 1 is 1.19 bits per heavy atom. The Hall–Kier alpha value is -1.22. The molecule has 26 heavy (non-hydrogen) atoms. The fourth-order valence-electron chi connectivity index (χ4n) is 4.81. The molecule has 3 atom stereocenters. The summed E-state index contributed by atoms with van der Waals surface area (Å²) in [5.74, 6) is 0.541. The summed E-state index contributed by atoms with van der Waals surface area (Å²) in [5.41, 5.74) is 1.10. The average Bonchev–Trinajstić information content (AvgIpc) is 3.03. The lowest BCUT2D eigenvalue weighted by molar-refractivity contribution is 0.0134. The number of amides is 1. The Labute approximate surface area is 163 Å². The van der Waals surface area contributed by atoms with Crippen molar-refractivity contribution in [1.82, 2.24) is 4.90 Å². The predicted octanol–water partition coefficient (Wildman–Crippen LogP) is 6.19. The third-order valence-corrected chi connectivity index (χ3v) is 6.28. The zero-order chi connectivity index (χ0) is 18.9. The van der Waals surface area contributed by atoms with E-state index in [2.05, 4.69) is 19.1 Å². The fourth-order valence-corrected chi connectivity index (χ4v) is 4.94. The molecule has 1 aromatic carbocycles. The number of benzene rings is 1. The SMILES string of the molecule is CC(C)(C)OC(=O)N1CCC[C@H]1[C@H]1CCC[C@@](C)(c2ccc(Cl)cc2)C1. The maximum atomic E-state index is 12.7. The van der Waals surface area contributed by atoms with Crippen molar-refractivity contribution < 1.29 is 9.53 Å². The maximum absolute atomic E-state index is 12.7. The molecule has 0 bridgehead atoms. The van der Waals surface area contributed by atoms with E-state index in [1.165, 1.54) is 24.8 Å². The Balaban J connectivity index is 1.74. The highest BCUT2D eigenvalue weighted by Crippen LogP contribution is 2.45. The van der Waals surface area contributed by atoms with Gasteiger partial charge in [0.1, 0.15) is 5.60 Å². The second-order valence-corrected chi connectivity index (χ2v) is 9.74. The van der Waals surface area contributed by atoms with E-state index in [0.29, 0.717) is 12.0 Å². The molecule has 1 aliphatic heterocycles. The third-order valence-electron chi connectivity index (χ3n) is 6.03. The first kappa shape index (κ1) is 19.5. The number of carbonyl (C=O) groups excluding carboxylic acids is 1. The molecule has 1 amide bonds. The van der Waals surface area contributed by atoms with Crippen molar-refractivity contribution in [3.8, 4) is 0 Å². The number of rotatable bonds is 2. The molecule has 3 nitrogen and oxygen atoms in total. The molecular weight excluding hydrogens is 346 g/mol. The zero-order valence-electron chi connectivity index (χ0n) is 16.6. The number of hydrogen-bond donors (Lipinski definition) is 0. The van der Waals surface area contributed by atoms with E-state index in [4.69, 9.17) is 16.3 Å². The van der Waals surface area contributed by atoms with E-state index in [1.54, 1.807) is 0 Å². The summed E-state index contributed by atoms with van der Waals surface area (Å²) in [7, 11) is 0. The molecule has 1 saturated heterocycles. The van der Waals surface area contributed by atoms with Gasteiger partial charge in [-0.15, -0.1) is 0 Å². The van der Waals surface area contributed by atoms with Crippen LogP contribution in [0.15, 0.2) is 24.3 Å². The van der Waals surface area contributed by atoms with Crippen molar-refractivity contribution >= 4 is 17.7 Å². The van der Waals surface area contributed by atoms with Crippen molar-refractivity contribution in [2.24, 2.45) is 5.92 Å². The summed E-state index contributed by atoms with van der Waals surface area (Å²) in [6.45, 7) is 9.01. The molecule has 0 spiro atoms. The quantitative estimate of drug-likeness (QED) is 0.615. The molecule has 2 aliphatic rings. The summed E-state index contributed by atoms with van der Waals surface area (Å²) in [5, 5.41) is 0.789. The standard InChI is InChI=1S/C22H32ClNO2/c1-21(2,3)26-20(25)24-14-6-8-19(24)16-7-5-13-22(4,15-16)17-9-11-18(23)12-10-17/h9-12,16,19H,5-8,13-15H2,1-4H3/t16-,19-,22+/m0/s1. The topological polar surface area (TPSA) is 29.5 Å². The lowest BCUT2D eigenvalue weighted by Gasteiger charge is -2.43. The van der Waals surface area contributed by atoms with Crippen LogP contribution in [0.4, 0.5) is 4.79 Å². The summed E-state index contributed by atoms with van der Waals surface area (Å²) in [4.78, 5) is 14.7. The minimum atomic E-state index is -0.436. The highest BCUT2D eigenvalue weighted by atomic mass is 35.5. The first-order valence-corrected chi connectivity index (χ1v) is 10.3. The number of hydrogen-bond acceptors (Lipinski definition) is 2. The normalized spacial score (nSPS) is 29.7. The molecule has 1 aromatic rings. The van der Waals surface area contributed by atoms with Gasteiger partial charge in [-0.05, 0) is 81.9 Å². The van der Waals surface area contributed by atoms with Gasteiger partial charge in [0.15, 0.2) is 0 Å². The molecule has 2 fully saturated rings. The molecule has 4 heteroatoms. The van der Waals surface area contributed by atoms with Gasteiger partial charge < -0.3 is 9.64 Å². The number of likely N-dealkylation sites (tertiary alicyclic amines) is 1. The number of carbonyl (C=O) groups is 1. The lowest BCUT2D eigenvalue weighted by Crippen LogP contribution is -2.45. The van der Waals surface area contributed by atoms with Crippen molar-refractivity contribution in [3.05, 3.63) is 34.9 Å². The number of nitrogens with zero attached hydrogens (tertiary/aromatic N) is 1. The van der Waals surface area contributed by atoms with E-state index >= 15 is 0 Å². The van der Waals surface area contributed by atoms with E-state index in [0.717, 1.165) is 30.8 Å². The second-order valence-electron chi connectivity index (χ2n) is 9.31. The van der Waals surface area contributed by atoms with Crippen LogP contribution < -0.4 is 0 Å². The van der Waals surface area contributed by atoms with Gasteiger partial charge >= 0.3 is 6.09 Å². The third kappa shape index (κ3) is 4.36. The van der Waals surface area contributed by atoms with E-state index in [9.17, 15) is 4.79 Å². The highest BCUT2D eigenvalue weighted by Gasteiger charge is 2.42. The Kier molecular flexibility index (Phi) is 5.58. The van der Waals surface area contributed by atoms with Gasteiger partial charge in [0, 0.05) is 17.6 Å². The summed E-state index contributed by atoms with van der Waals surface area (Å²) in [6, 6.07) is 8.65. The van der Waals surface area contributed by atoms with Crippen LogP contribution in [0, 0.1) is 5.92 Å².